The van der Waals surface area contributed by atoms with Gasteiger partial charge >= 0.3 is 11.9 Å². The predicted molar refractivity (Wildman–Crippen MR) is 152 cm³/mol. The fourth-order valence-corrected chi connectivity index (χ4v) is 4.59. The van der Waals surface area contributed by atoms with Crippen molar-refractivity contribution in [2.75, 3.05) is 6.61 Å². The van der Waals surface area contributed by atoms with E-state index in [4.69, 9.17) is 25.4 Å². The molecule has 0 unspecified atom stereocenters. The van der Waals surface area contributed by atoms with E-state index in [0.29, 0.717) is 6.42 Å². The summed E-state index contributed by atoms with van der Waals surface area (Å²) in [6.07, 6.45) is 0.269. The fourth-order valence-electron chi connectivity index (χ4n) is 4.59. The van der Waals surface area contributed by atoms with E-state index < -0.39 is 47.3 Å². The van der Waals surface area contributed by atoms with E-state index in [1.807, 2.05) is 13.0 Å². The van der Waals surface area contributed by atoms with Gasteiger partial charge in [-0.1, -0.05) is 41.0 Å². The third kappa shape index (κ3) is 7.24. The van der Waals surface area contributed by atoms with Crippen LogP contribution in [0.5, 0.6) is 0 Å². The molecule has 6 N–H and O–H groups in total. The highest BCUT2D eigenvalue weighted by Gasteiger charge is 2.59. The van der Waals surface area contributed by atoms with Crippen LogP contribution in [-0.4, -0.2) is 71.1 Å². The van der Waals surface area contributed by atoms with Gasteiger partial charge in [0.15, 0.2) is 11.9 Å². The molecule has 0 bridgehead atoms. The van der Waals surface area contributed by atoms with Gasteiger partial charge in [0.1, 0.15) is 37.3 Å². The Morgan fingerprint density at radius 2 is 2.07 bits per heavy atom. The molecular weight excluding hydrogens is 544 g/mol. The third-order valence-corrected chi connectivity index (χ3v) is 7.96. The number of aliphatic imine (C=N–C) groups is 1. The summed E-state index contributed by atoms with van der Waals surface area (Å²) in [6, 6.07) is 3.91. The first-order valence-corrected chi connectivity index (χ1v) is 14.2. The SMILES string of the molecule is CC[C@@H](C)C(=O)N/C(=N/C=N)c1ccc([C@]2(C#N)O[C@H](COC(=O)CC3CCC3)[C@@H](OC(=O)[C@H](N)C(C)(C)C)[C@H]2O)[nH]1. The lowest BCUT2D eigenvalue weighted by Gasteiger charge is -2.29. The second-order valence-corrected chi connectivity index (χ2v) is 12.1. The van der Waals surface area contributed by atoms with Crippen LogP contribution in [0.15, 0.2) is 17.1 Å². The van der Waals surface area contributed by atoms with Gasteiger partial charge in [-0.3, -0.25) is 19.8 Å². The van der Waals surface area contributed by atoms with Gasteiger partial charge in [0, 0.05) is 12.3 Å². The Morgan fingerprint density at radius 3 is 2.62 bits per heavy atom. The molecule has 2 fully saturated rings. The Hall–Kier alpha value is -3.60. The monoisotopic (exact) mass is 586 g/mol. The van der Waals surface area contributed by atoms with Gasteiger partial charge in [0.05, 0.1) is 11.4 Å². The van der Waals surface area contributed by atoms with Crippen LogP contribution >= 0.6 is 0 Å². The van der Waals surface area contributed by atoms with Crippen LogP contribution in [0.1, 0.15) is 78.1 Å². The average Bonchev–Trinajstić information content (AvgIpc) is 3.52. The predicted octanol–water partition coefficient (Wildman–Crippen LogP) is 2.03. The molecule has 3 rings (SSSR count). The third-order valence-electron chi connectivity index (χ3n) is 7.96. The maximum atomic E-state index is 13.0. The van der Waals surface area contributed by atoms with Crippen molar-refractivity contribution in [2.24, 2.45) is 28.0 Å². The number of aliphatic hydroxyl groups is 1. The van der Waals surface area contributed by atoms with Gasteiger partial charge in [-0.15, -0.1) is 0 Å². The van der Waals surface area contributed by atoms with Crippen molar-refractivity contribution in [1.29, 1.82) is 10.7 Å². The number of hydrogen-bond donors (Lipinski definition) is 5. The standard InChI is InChI=1S/C29H42N6O7/c1-6-16(2)26(38)35-25(33-15-31)18-10-11-20(34-18)29(14-30)24(37)22(41-27(39)23(32)28(3,4)5)19(42-29)13-40-21(36)12-17-8-7-9-17/h10-11,15-17,19,22-24,34,37H,6-9,12-13,32H2,1-5H3,(H2,31,33,35,38)/t16-,19-,22-,23+,24-,29+/m1/s1. The Balaban J connectivity index is 1.90. The molecule has 0 spiro atoms. The van der Waals surface area contributed by atoms with Crippen molar-refractivity contribution in [1.82, 2.24) is 10.3 Å². The van der Waals surface area contributed by atoms with Gasteiger partial charge in [-0.05, 0) is 42.7 Å². The molecule has 1 aliphatic heterocycles. The number of nitrogens with zero attached hydrogens (tertiary/aromatic N) is 2. The smallest absolute Gasteiger partial charge is 0.323 e. The summed E-state index contributed by atoms with van der Waals surface area (Å²) in [5, 5.41) is 31.8. The summed E-state index contributed by atoms with van der Waals surface area (Å²) in [5.41, 5.74) is 3.68. The van der Waals surface area contributed by atoms with Crippen molar-refractivity contribution in [2.45, 2.75) is 96.7 Å². The largest absolute Gasteiger partial charge is 0.463 e. The van der Waals surface area contributed by atoms with Crippen LogP contribution in [0, 0.1) is 34.0 Å². The second kappa shape index (κ2) is 13.6. The molecule has 1 aromatic heterocycles. The number of rotatable bonds is 11. The molecule has 1 saturated carbocycles. The van der Waals surface area contributed by atoms with Gasteiger partial charge in [0.2, 0.25) is 11.5 Å². The number of carbonyl (C=O) groups is 3. The number of amides is 1. The normalized spacial score (nSPS) is 26.0. The quantitative estimate of drug-likeness (QED) is 0.145. The summed E-state index contributed by atoms with van der Waals surface area (Å²) >= 11 is 0. The number of hydrogen-bond acceptors (Lipinski definition) is 10. The molecule has 1 aliphatic carbocycles. The Labute approximate surface area is 245 Å². The first-order chi connectivity index (χ1) is 19.8. The van der Waals surface area contributed by atoms with E-state index in [2.05, 4.69) is 15.3 Å². The van der Waals surface area contributed by atoms with Crippen molar-refractivity contribution in [3.05, 3.63) is 23.5 Å². The van der Waals surface area contributed by atoms with E-state index >= 15 is 0 Å². The number of nitriles is 1. The molecule has 1 amide bonds. The molecule has 2 heterocycles. The number of amidine groups is 1. The molecule has 1 saturated heterocycles. The molecule has 13 nitrogen and oxygen atoms in total. The molecule has 6 atom stereocenters. The van der Waals surface area contributed by atoms with Crippen molar-refractivity contribution >= 4 is 30.0 Å². The maximum absolute atomic E-state index is 13.0. The zero-order valence-corrected chi connectivity index (χ0v) is 24.8. The van der Waals surface area contributed by atoms with E-state index in [1.54, 1.807) is 27.7 Å². The first kappa shape index (κ1) is 32.9. The van der Waals surface area contributed by atoms with Crippen LogP contribution in [0.25, 0.3) is 0 Å². The van der Waals surface area contributed by atoms with Gasteiger partial charge in [0.25, 0.3) is 0 Å². The Morgan fingerprint density at radius 1 is 1.38 bits per heavy atom. The topological polar surface area (TPSA) is 213 Å². The minimum atomic E-state index is -2.07. The summed E-state index contributed by atoms with van der Waals surface area (Å²) in [7, 11) is 0. The summed E-state index contributed by atoms with van der Waals surface area (Å²) in [5.74, 6) is -1.59. The number of nitrogens with one attached hydrogen (secondary N) is 3. The Kier molecular flexibility index (Phi) is 10.6. The fraction of sp³-hybridized carbons (Fsp3) is 0.655. The Bertz CT molecular complexity index is 1230. The lowest BCUT2D eigenvalue weighted by Crippen LogP contribution is -2.49. The number of nitrogens with two attached hydrogens (primary N) is 1. The van der Waals surface area contributed by atoms with E-state index in [-0.39, 0.29) is 48.0 Å². The van der Waals surface area contributed by atoms with Crippen LogP contribution in [0.4, 0.5) is 0 Å². The summed E-state index contributed by atoms with van der Waals surface area (Å²) in [4.78, 5) is 44.8. The van der Waals surface area contributed by atoms with E-state index in [9.17, 15) is 24.8 Å². The van der Waals surface area contributed by atoms with Crippen LogP contribution in [0.3, 0.4) is 0 Å². The lowest BCUT2D eigenvalue weighted by molar-refractivity contribution is -0.163. The minimum Gasteiger partial charge on any atom is -0.463 e. The van der Waals surface area contributed by atoms with E-state index in [1.165, 1.54) is 12.1 Å². The van der Waals surface area contributed by atoms with Crippen molar-refractivity contribution < 1.29 is 33.7 Å². The highest BCUT2D eigenvalue weighted by molar-refractivity contribution is 6.09. The second-order valence-electron chi connectivity index (χ2n) is 12.1. The molecule has 13 heteroatoms. The van der Waals surface area contributed by atoms with E-state index in [0.717, 1.165) is 25.6 Å². The first-order valence-electron chi connectivity index (χ1n) is 14.2. The van der Waals surface area contributed by atoms with Gasteiger partial charge in [-0.25, -0.2) is 4.99 Å². The highest BCUT2D eigenvalue weighted by atomic mass is 16.6. The number of carbonyl (C=O) groups excluding carboxylic acids is 3. The molecule has 0 radical (unpaired) electrons. The molecule has 0 aromatic carbocycles. The van der Waals surface area contributed by atoms with Gasteiger partial charge < -0.3 is 35.4 Å². The molecule has 2 aliphatic rings. The number of esters is 2. The summed E-state index contributed by atoms with van der Waals surface area (Å²) in [6.45, 7) is 8.51. The maximum Gasteiger partial charge on any atom is 0.323 e. The molecular formula is C29H42N6O7. The lowest BCUT2D eigenvalue weighted by atomic mass is 9.83. The summed E-state index contributed by atoms with van der Waals surface area (Å²) < 4.78 is 17.1. The number of aliphatic hydroxyl groups excluding tert-OH is 1. The zero-order chi connectivity index (χ0) is 31.2. The average molecular weight is 587 g/mol. The number of aromatic nitrogens is 1. The highest BCUT2D eigenvalue weighted by Crippen LogP contribution is 2.41. The van der Waals surface area contributed by atoms with Crippen molar-refractivity contribution in [3.8, 4) is 6.07 Å². The number of H-pyrrole nitrogens is 1. The van der Waals surface area contributed by atoms with Gasteiger partial charge in [-0.2, -0.15) is 5.26 Å². The minimum absolute atomic E-state index is 0.0303. The molecule has 230 valence electrons. The molecule has 1 aromatic rings. The van der Waals surface area contributed by atoms with Crippen LogP contribution in [0.2, 0.25) is 0 Å². The van der Waals surface area contributed by atoms with Crippen LogP contribution in [-0.2, 0) is 34.2 Å². The zero-order valence-electron chi connectivity index (χ0n) is 24.8. The molecule has 42 heavy (non-hydrogen) atoms. The number of aromatic amines is 1. The van der Waals surface area contributed by atoms with Crippen LogP contribution < -0.4 is 11.1 Å². The number of ether oxygens (including phenoxy) is 3. The van der Waals surface area contributed by atoms with Crippen molar-refractivity contribution in [3.63, 3.8) is 0 Å².